The molecule has 0 bridgehead atoms. The van der Waals surface area contributed by atoms with Gasteiger partial charge in [0.1, 0.15) is 0 Å². The summed E-state index contributed by atoms with van der Waals surface area (Å²) in [7, 11) is -1.59. The molecule has 0 saturated heterocycles. The van der Waals surface area contributed by atoms with Crippen LogP contribution in [-0.4, -0.2) is 38.5 Å². The van der Waals surface area contributed by atoms with E-state index in [1.54, 1.807) is 0 Å². The first-order valence-corrected chi connectivity index (χ1v) is 6.17. The molecule has 1 heterocycles. The summed E-state index contributed by atoms with van der Waals surface area (Å²) in [5, 5.41) is 3.08. The van der Waals surface area contributed by atoms with E-state index in [0.29, 0.717) is 6.54 Å². The lowest BCUT2D eigenvalue weighted by atomic mass is 10.2. The maximum atomic E-state index is 11.6. The molecule has 0 aliphatic rings. The van der Waals surface area contributed by atoms with Crippen molar-refractivity contribution in [1.82, 2.24) is 20.0 Å². The molecule has 0 aliphatic heterocycles. The van der Waals surface area contributed by atoms with Crippen molar-refractivity contribution in [3.8, 4) is 0 Å². The minimum atomic E-state index is -3.43. The van der Waals surface area contributed by atoms with E-state index >= 15 is 0 Å². The molecule has 0 aromatic carbocycles. The topological polar surface area (TPSA) is 86.9 Å². The van der Waals surface area contributed by atoms with Crippen LogP contribution in [-0.2, 0) is 10.0 Å². The first-order chi connectivity index (χ1) is 7.06. The van der Waals surface area contributed by atoms with Crippen LogP contribution >= 0.6 is 0 Å². The number of imidazole rings is 1. The van der Waals surface area contributed by atoms with Gasteiger partial charge in [-0.05, 0) is 19.5 Å². The van der Waals surface area contributed by atoms with E-state index < -0.39 is 10.0 Å². The molecule has 0 saturated carbocycles. The number of hydrogen-bond acceptors (Lipinski definition) is 4. The fourth-order valence-corrected chi connectivity index (χ4v) is 2.21. The third-order valence-corrected chi connectivity index (χ3v) is 3.29. The van der Waals surface area contributed by atoms with Gasteiger partial charge in [-0.15, -0.1) is 0 Å². The van der Waals surface area contributed by atoms with Gasteiger partial charge in [0.25, 0.3) is 10.0 Å². The maximum absolute atomic E-state index is 11.6. The molecule has 7 heteroatoms. The Hall–Kier alpha value is -0.920. The van der Waals surface area contributed by atoms with E-state index in [2.05, 4.69) is 20.0 Å². The van der Waals surface area contributed by atoms with Gasteiger partial charge in [-0.25, -0.2) is 18.1 Å². The molecule has 0 amide bonds. The second kappa shape index (κ2) is 5.24. The van der Waals surface area contributed by atoms with Gasteiger partial charge in [0.05, 0.1) is 12.5 Å². The van der Waals surface area contributed by atoms with E-state index in [9.17, 15) is 8.42 Å². The van der Waals surface area contributed by atoms with Gasteiger partial charge in [-0.2, -0.15) is 0 Å². The largest absolute Gasteiger partial charge is 0.335 e. The van der Waals surface area contributed by atoms with Gasteiger partial charge in [0.2, 0.25) is 0 Å². The number of hydrogen-bond donors (Lipinski definition) is 3. The Morgan fingerprint density at radius 3 is 2.80 bits per heavy atom. The summed E-state index contributed by atoms with van der Waals surface area (Å²) in [6.07, 6.45) is 2.62. The first-order valence-electron chi connectivity index (χ1n) is 4.69. The molecule has 15 heavy (non-hydrogen) atoms. The lowest BCUT2D eigenvalue weighted by molar-refractivity contribution is 0.518. The second-order valence-electron chi connectivity index (χ2n) is 3.43. The zero-order valence-corrected chi connectivity index (χ0v) is 9.63. The molecule has 0 radical (unpaired) electrons. The minimum absolute atomic E-state index is 0.0964. The van der Waals surface area contributed by atoms with Gasteiger partial charge >= 0.3 is 0 Å². The molecular weight excluding hydrogens is 216 g/mol. The predicted octanol–water partition coefficient (Wildman–Crippen LogP) is -0.456. The number of nitrogens with one attached hydrogen (secondary N) is 3. The molecule has 1 aromatic heterocycles. The summed E-state index contributed by atoms with van der Waals surface area (Å²) in [6.45, 7) is 3.14. The zero-order chi connectivity index (χ0) is 11.3. The van der Waals surface area contributed by atoms with E-state index in [1.165, 1.54) is 12.5 Å². The Bertz CT molecular complexity index is 373. The van der Waals surface area contributed by atoms with Crippen LogP contribution in [0.15, 0.2) is 17.6 Å². The summed E-state index contributed by atoms with van der Waals surface area (Å²) in [6, 6.07) is 0. The lowest BCUT2D eigenvalue weighted by Gasteiger charge is -2.11. The molecule has 0 spiro atoms. The molecule has 1 rings (SSSR count). The molecule has 6 nitrogen and oxygen atoms in total. The molecule has 86 valence electrons. The summed E-state index contributed by atoms with van der Waals surface area (Å²) in [4.78, 5) is 6.22. The van der Waals surface area contributed by atoms with Crippen LogP contribution in [0.4, 0.5) is 0 Å². The van der Waals surface area contributed by atoms with Gasteiger partial charge in [-0.3, -0.25) is 0 Å². The first kappa shape index (κ1) is 12.2. The fraction of sp³-hybridized carbons (Fsp3) is 0.625. The Labute approximate surface area is 89.5 Å². The number of aromatic amines is 1. The minimum Gasteiger partial charge on any atom is -0.335 e. The Kier molecular flexibility index (Phi) is 4.25. The van der Waals surface area contributed by atoms with Crippen LogP contribution < -0.4 is 10.0 Å². The quantitative estimate of drug-likeness (QED) is 0.619. The Morgan fingerprint density at radius 2 is 2.27 bits per heavy atom. The fourth-order valence-electron chi connectivity index (χ4n) is 1.14. The van der Waals surface area contributed by atoms with Gasteiger partial charge < -0.3 is 10.3 Å². The number of aromatic nitrogens is 2. The van der Waals surface area contributed by atoms with Crippen molar-refractivity contribution >= 4 is 10.0 Å². The molecule has 0 fully saturated rings. The molecule has 1 atom stereocenters. The van der Waals surface area contributed by atoms with E-state index in [-0.39, 0.29) is 10.9 Å². The Balaban J connectivity index is 2.52. The average molecular weight is 232 g/mol. The summed E-state index contributed by atoms with van der Waals surface area (Å²) >= 11 is 0. The van der Waals surface area contributed by atoms with Gasteiger partial charge in [0, 0.05) is 6.54 Å². The van der Waals surface area contributed by atoms with Crippen LogP contribution in [0.2, 0.25) is 0 Å². The van der Waals surface area contributed by atoms with Crippen molar-refractivity contribution in [3.63, 3.8) is 0 Å². The van der Waals surface area contributed by atoms with Crippen molar-refractivity contribution in [1.29, 1.82) is 0 Å². The van der Waals surface area contributed by atoms with Gasteiger partial charge in [0.15, 0.2) is 5.03 Å². The molecule has 1 unspecified atom stereocenters. The highest BCUT2D eigenvalue weighted by molar-refractivity contribution is 7.89. The van der Waals surface area contributed by atoms with Crippen molar-refractivity contribution in [2.24, 2.45) is 5.92 Å². The van der Waals surface area contributed by atoms with Crippen LogP contribution in [0.25, 0.3) is 0 Å². The highest BCUT2D eigenvalue weighted by Crippen LogP contribution is 2.02. The normalized spacial score (nSPS) is 14.0. The average Bonchev–Trinajstić information content (AvgIpc) is 2.69. The summed E-state index contributed by atoms with van der Waals surface area (Å²) in [5.74, 6) is 0.243. The monoisotopic (exact) mass is 232 g/mol. The second-order valence-corrected chi connectivity index (χ2v) is 5.17. The molecule has 0 aliphatic carbocycles. The van der Waals surface area contributed by atoms with Crippen molar-refractivity contribution < 1.29 is 8.42 Å². The third kappa shape index (κ3) is 3.61. The number of nitrogens with zero attached hydrogens (tertiary/aromatic N) is 1. The third-order valence-electron chi connectivity index (χ3n) is 1.94. The summed E-state index contributed by atoms with van der Waals surface area (Å²) in [5.41, 5.74) is 0. The molecule has 3 N–H and O–H groups in total. The number of rotatable bonds is 6. The molecular formula is C8H16N4O2S. The van der Waals surface area contributed by atoms with E-state index in [1.807, 2.05) is 14.0 Å². The highest BCUT2D eigenvalue weighted by Gasteiger charge is 2.15. The van der Waals surface area contributed by atoms with Crippen LogP contribution in [0.3, 0.4) is 0 Å². The Morgan fingerprint density at radius 1 is 1.53 bits per heavy atom. The smallest absolute Gasteiger partial charge is 0.257 e. The highest BCUT2D eigenvalue weighted by atomic mass is 32.2. The number of sulfonamides is 1. The van der Waals surface area contributed by atoms with Gasteiger partial charge in [-0.1, -0.05) is 6.92 Å². The van der Waals surface area contributed by atoms with Crippen LogP contribution in [0.1, 0.15) is 6.92 Å². The standard InChI is InChI=1S/C8H16N4O2S/c1-7(3-9-2)4-12-15(13,14)8-5-10-6-11-8/h5-7,9,12H,3-4H2,1-2H3,(H,10,11). The number of H-pyrrole nitrogens is 1. The van der Waals surface area contributed by atoms with E-state index in [4.69, 9.17) is 0 Å². The summed E-state index contributed by atoms with van der Waals surface area (Å²) < 4.78 is 25.7. The molecule has 1 aromatic rings. The van der Waals surface area contributed by atoms with Crippen molar-refractivity contribution in [2.75, 3.05) is 20.1 Å². The zero-order valence-electron chi connectivity index (χ0n) is 8.82. The maximum Gasteiger partial charge on any atom is 0.257 e. The lowest BCUT2D eigenvalue weighted by Crippen LogP contribution is -2.32. The van der Waals surface area contributed by atoms with Crippen LogP contribution in [0, 0.1) is 5.92 Å². The van der Waals surface area contributed by atoms with Crippen molar-refractivity contribution in [2.45, 2.75) is 11.9 Å². The predicted molar refractivity (Wildman–Crippen MR) is 56.9 cm³/mol. The SMILES string of the molecule is CNCC(C)CNS(=O)(=O)c1cnc[nH]1. The van der Waals surface area contributed by atoms with Crippen molar-refractivity contribution in [3.05, 3.63) is 12.5 Å². The van der Waals surface area contributed by atoms with Crippen LogP contribution in [0.5, 0.6) is 0 Å². The van der Waals surface area contributed by atoms with E-state index in [0.717, 1.165) is 6.54 Å².